The number of pyridine rings is 2. The van der Waals surface area contributed by atoms with Crippen LogP contribution in [0, 0.1) is 5.92 Å². The van der Waals surface area contributed by atoms with E-state index in [9.17, 15) is 0 Å². The fourth-order valence-corrected chi connectivity index (χ4v) is 5.54. The third kappa shape index (κ3) is 4.36. The van der Waals surface area contributed by atoms with Crippen molar-refractivity contribution >= 4 is 39.7 Å². The van der Waals surface area contributed by atoms with E-state index in [2.05, 4.69) is 47.0 Å². The van der Waals surface area contributed by atoms with Crippen molar-refractivity contribution in [2.24, 2.45) is 22.6 Å². The first kappa shape index (κ1) is 23.6. The average Bonchev–Trinajstić information content (AvgIpc) is 3.18. The smallest absolute Gasteiger partial charge is 0.144 e. The molecule has 1 atom stereocenters. The number of allylic oxidation sites excluding steroid dienone is 1. The fraction of sp³-hybridized carbons (Fsp3) is 0.308. The van der Waals surface area contributed by atoms with Crippen molar-refractivity contribution in [1.29, 1.82) is 0 Å². The summed E-state index contributed by atoms with van der Waals surface area (Å²) in [5.74, 6) is 6.53. The molecule has 0 saturated carbocycles. The molecule has 1 aliphatic heterocycles. The zero-order chi connectivity index (χ0) is 24.5. The Labute approximate surface area is 209 Å². The average molecular weight is 490 g/mol. The van der Waals surface area contributed by atoms with Gasteiger partial charge in [-0.05, 0) is 61.4 Å². The quantitative estimate of drug-likeness (QED) is 0.211. The number of hydrogen-bond donors (Lipinski definition) is 3. The lowest BCUT2D eigenvalue weighted by atomic mass is 9.86. The Bertz CT molecular complexity index is 1370. The van der Waals surface area contributed by atoms with Crippen molar-refractivity contribution in [3.05, 3.63) is 71.6 Å². The maximum Gasteiger partial charge on any atom is 0.144 e. The number of aromatic nitrogens is 3. The van der Waals surface area contributed by atoms with Gasteiger partial charge in [0, 0.05) is 43.1 Å². The second-order valence-electron chi connectivity index (χ2n) is 9.05. The van der Waals surface area contributed by atoms with Gasteiger partial charge in [0.2, 0.25) is 0 Å². The monoisotopic (exact) mass is 489 g/mol. The van der Waals surface area contributed by atoms with Gasteiger partial charge in [0.25, 0.3) is 0 Å². The minimum absolute atomic E-state index is 0.0599. The van der Waals surface area contributed by atoms with Gasteiger partial charge in [0.1, 0.15) is 10.7 Å². The highest BCUT2D eigenvalue weighted by molar-refractivity contribution is 7.97. The Morgan fingerprint density at radius 1 is 1.17 bits per heavy atom. The van der Waals surface area contributed by atoms with Crippen LogP contribution in [0.15, 0.2) is 65.5 Å². The Balaban J connectivity index is 1.85. The van der Waals surface area contributed by atoms with E-state index >= 15 is 0 Å². The Morgan fingerprint density at radius 2 is 1.91 bits per heavy atom. The Morgan fingerprint density at radius 3 is 2.57 bits per heavy atom. The van der Waals surface area contributed by atoms with Crippen LogP contribution in [-0.2, 0) is 4.74 Å². The van der Waals surface area contributed by atoms with Crippen LogP contribution in [0.25, 0.3) is 27.8 Å². The molecule has 4 heterocycles. The third-order valence-electron chi connectivity index (χ3n) is 6.71. The topological polar surface area (TPSA) is 121 Å². The molecule has 0 unspecified atom stereocenters. The molecule has 0 radical (unpaired) electrons. The third-order valence-corrected chi connectivity index (χ3v) is 7.18. The summed E-state index contributed by atoms with van der Waals surface area (Å²) in [5.41, 5.74) is 12.4. The molecule has 0 spiro atoms. The molecule has 3 aromatic heterocycles. The van der Waals surface area contributed by atoms with E-state index < -0.39 is 0 Å². The van der Waals surface area contributed by atoms with Gasteiger partial charge in [-0.2, -0.15) is 0 Å². The van der Waals surface area contributed by atoms with Crippen LogP contribution < -0.4 is 16.7 Å². The van der Waals surface area contributed by atoms with Gasteiger partial charge >= 0.3 is 0 Å². The summed E-state index contributed by atoms with van der Waals surface area (Å²) in [5, 5.41) is 9.22. The highest BCUT2D eigenvalue weighted by Gasteiger charge is 2.31. The number of hydrogen-bond acceptors (Lipinski definition) is 8. The molecular formula is C26H31N7OS. The predicted molar refractivity (Wildman–Crippen MR) is 142 cm³/mol. The summed E-state index contributed by atoms with van der Waals surface area (Å²) in [6.45, 7) is 3.35. The lowest BCUT2D eigenvalue weighted by Gasteiger charge is -2.33. The summed E-state index contributed by atoms with van der Waals surface area (Å²) < 4.78 is 8.06. The van der Waals surface area contributed by atoms with Crippen LogP contribution in [0.2, 0.25) is 0 Å². The molecule has 0 amide bonds. The largest absolute Gasteiger partial charge is 0.401 e. The van der Waals surface area contributed by atoms with Crippen LogP contribution in [0.5, 0.6) is 0 Å². The van der Waals surface area contributed by atoms with Crippen molar-refractivity contribution < 1.29 is 4.74 Å². The SMILES string of the molecule is C/C(N)=C(\c1cnc2c3ccc(SN)nc3n([C@H](c3ccccc3)C3CCOCC3)c2c1)N(C)N. The van der Waals surface area contributed by atoms with Crippen molar-refractivity contribution in [3.63, 3.8) is 0 Å². The molecule has 1 aliphatic rings. The van der Waals surface area contributed by atoms with Gasteiger partial charge in [-0.1, -0.05) is 30.3 Å². The summed E-state index contributed by atoms with van der Waals surface area (Å²) >= 11 is 1.15. The number of nitrogens with zero attached hydrogens (tertiary/aromatic N) is 4. The maximum atomic E-state index is 6.21. The number of fused-ring (bicyclic) bond motifs is 3. The fourth-order valence-electron chi connectivity index (χ4n) is 5.26. The van der Waals surface area contributed by atoms with E-state index in [0.29, 0.717) is 11.6 Å². The normalized spacial score (nSPS) is 16.5. The molecule has 6 N–H and O–H groups in total. The summed E-state index contributed by atoms with van der Waals surface area (Å²) in [6, 6.07) is 16.8. The highest BCUT2D eigenvalue weighted by Crippen LogP contribution is 2.40. The van der Waals surface area contributed by atoms with E-state index in [4.69, 9.17) is 31.4 Å². The second-order valence-corrected chi connectivity index (χ2v) is 9.70. The van der Waals surface area contributed by atoms with Crippen LogP contribution in [0.1, 0.15) is 36.9 Å². The zero-order valence-electron chi connectivity index (χ0n) is 20.0. The van der Waals surface area contributed by atoms with Gasteiger partial charge in [0.15, 0.2) is 0 Å². The molecule has 35 heavy (non-hydrogen) atoms. The molecule has 5 rings (SSSR count). The molecule has 8 nitrogen and oxygen atoms in total. The number of rotatable bonds is 6. The van der Waals surface area contributed by atoms with Gasteiger partial charge in [0.05, 0.1) is 22.8 Å². The maximum absolute atomic E-state index is 6.21. The first-order chi connectivity index (χ1) is 17.0. The van der Waals surface area contributed by atoms with E-state index in [1.54, 1.807) is 12.1 Å². The molecule has 0 bridgehead atoms. The van der Waals surface area contributed by atoms with Crippen molar-refractivity contribution in [2.45, 2.75) is 30.8 Å². The number of benzene rings is 1. The summed E-state index contributed by atoms with van der Waals surface area (Å²) in [7, 11) is 1.78. The van der Waals surface area contributed by atoms with Crippen LogP contribution in [0.3, 0.4) is 0 Å². The van der Waals surface area contributed by atoms with Crippen LogP contribution >= 0.6 is 11.9 Å². The Hall–Kier alpha value is -3.11. The number of ether oxygens (including phenoxy) is 1. The second kappa shape index (κ2) is 9.87. The van der Waals surface area contributed by atoms with Gasteiger partial charge in [-0.15, -0.1) is 0 Å². The number of nitrogens with two attached hydrogens (primary N) is 3. The minimum atomic E-state index is 0.0599. The Kier molecular flexibility index (Phi) is 6.66. The first-order valence-electron chi connectivity index (χ1n) is 11.7. The summed E-state index contributed by atoms with van der Waals surface area (Å²) in [4.78, 5) is 9.87. The van der Waals surface area contributed by atoms with E-state index in [-0.39, 0.29) is 6.04 Å². The first-order valence-corrected chi connectivity index (χ1v) is 12.6. The minimum Gasteiger partial charge on any atom is -0.401 e. The van der Waals surface area contributed by atoms with E-state index in [0.717, 1.165) is 76.4 Å². The standard InChI is InChI=1S/C26H31N7OS/c1-16(27)24(32(2)28)19-14-21-23(30-15-19)20-8-9-22(35-29)31-26(20)33(21)25(17-6-4-3-5-7-17)18-10-12-34-13-11-18/h3-9,14-15,18,25H,10-13,27-29H2,1-2H3/b24-16-/t25-/m1/s1. The molecule has 9 heteroatoms. The predicted octanol–water partition coefficient (Wildman–Crippen LogP) is 4.02. The van der Waals surface area contributed by atoms with Gasteiger partial charge in [-0.3, -0.25) is 10.1 Å². The molecule has 1 aromatic carbocycles. The lowest BCUT2D eigenvalue weighted by molar-refractivity contribution is 0.0552. The highest BCUT2D eigenvalue weighted by atomic mass is 32.2. The van der Waals surface area contributed by atoms with Crippen LogP contribution in [-0.4, -0.2) is 39.8 Å². The van der Waals surface area contributed by atoms with Gasteiger partial charge in [-0.25, -0.2) is 10.8 Å². The number of hydrazine groups is 1. The van der Waals surface area contributed by atoms with E-state index in [1.165, 1.54) is 5.56 Å². The zero-order valence-corrected chi connectivity index (χ0v) is 20.8. The van der Waals surface area contributed by atoms with E-state index in [1.807, 2.05) is 19.2 Å². The van der Waals surface area contributed by atoms with Crippen LogP contribution in [0.4, 0.5) is 0 Å². The molecule has 0 aliphatic carbocycles. The van der Waals surface area contributed by atoms with Gasteiger partial charge < -0.3 is 20.0 Å². The van der Waals surface area contributed by atoms with Crippen molar-refractivity contribution in [1.82, 2.24) is 19.5 Å². The van der Waals surface area contributed by atoms with Crippen molar-refractivity contribution in [3.8, 4) is 0 Å². The van der Waals surface area contributed by atoms with Crippen molar-refractivity contribution in [2.75, 3.05) is 20.3 Å². The molecule has 1 fully saturated rings. The molecule has 1 saturated heterocycles. The molecular weight excluding hydrogens is 458 g/mol. The lowest BCUT2D eigenvalue weighted by Crippen LogP contribution is -2.27. The summed E-state index contributed by atoms with van der Waals surface area (Å²) in [6.07, 6.45) is 3.77. The molecule has 4 aromatic rings. The molecule has 182 valence electrons.